The SMILES string of the molecule is C=CCCC(C)(NC1CC1)C(=O)O. The summed E-state index contributed by atoms with van der Waals surface area (Å²) in [7, 11) is 0. The van der Waals surface area contributed by atoms with Gasteiger partial charge in [0.15, 0.2) is 0 Å². The minimum absolute atomic E-state index is 0.422. The molecule has 13 heavy (non-hydrogen) atoms. The van der Waals surface area contributed by atoms with Gasteiger partial charge >= 0.3 is 5.97 Å². The summed E-state index contributed by atoms with van der Waals surface area (Å²) in [6.45, 7) is 5.34. The average Bonchev–Trinajstić information content (AvgIpc) is 2.84. The van der Waals surface area contributed by atoms with E-state index in [-0.39, 0.29) is 0 Å². The Morgan fingerprint density at radius 1 is 1.77 bits per heavy atom. The first-order valence-electron chi connectivity index (χ1n) is 4.70. The molecule has 1 atom stereocenters. The lowest BCUT2D eigenvalue weighted by atomic mass is 9.96. The normalized spacial score (nSPS) is 20.7. The van der Waals surface area contributed by atoms with Gasteiger partial charge in [-0.25, -0.2) is 0 Å². The summed E-state index contributed by atoms with van der Waals surface area (Å²) in [5.74, 6) is -0.763. The number of aliphatic carboxylic acids is 1. The van der Waals surface area contributed by atoms with Crippen molar-refractivity contribution in [2.45, 2.75) is 44.2 Å². The van der Waals surface area contributed by atoms with Crippen LogP contribution in [-0.4, -0.2) is 22.7 Å². The fourth-order valence-electron chi connectivity index (χ4n) is 1.31. The smallest absolute Gasteiger partial charge is 0.323 e. The lowest BCUT2D eigenvalue weighted by molar-refractivity contribution is -0.144. The molecule has 3 nitrogen and oxygen atoms in total. The lowest BCUT2D eigenvalue weighted by Gasteiger charge is -2.25. The number of carboxylic acid groups (broad SMARTS) is 1. The van der Waals surface area contributed by atoms with Crippen molar-refractivity contribution in [3.63, 3.8) is 0 Å². The van der Waals surface area contributed by atoms with E-state index in [4.69, 9.17) is 5.11 Å². The molecule has 0 bridgehead atoms. The Bertz CT molecular complexity index is 211. The molecule has 0 spiro atoms. The van der Waals surface area contributed by atoms with Crippen molar-refractivity contribution in [2.75, 3.05) is 0 Å². The Labute approximate surface area is 78.8 Å². The standard InChI is InChI=1S/C10H17NO2/c1-3-4-7-10(2,9(12)13)11-8-5-6-8/h3,8,11H,1,4-7H2,2H3,(H,12,13). The van der Waals surface area contributed by atoms with Crippen LogP contribution in [0.1, 0.15) is 32.6 Å². The molecule has 2 N–H and O–H groups in total. The van der Waals surface area contributed by atoms with Crippen molar-refractivity contribution in [2.24, 2.45) is 0 Å². The van der Waals surface area contributed by atoms with Crippen LogP contribution in [0.5, 0.6) is 0 Å². The molecule has 0 amide bonds. The van der Waals surface area contributed by atoms with Crippen molar-refractivity contribution in [1.82, 2.24) is 5.32 Å². The molecular weight excluding hydrogens is 166 g/mol. The number of carboxylic acids is 1. The van der Waals surface area contributed by atoms with Crippen molar-refractivity contribution in [3.8, 4) is 0 Å². The van der Waals surface area contributed by atoms with E-state index in [1.165, 1.54) is 0 Å². The second-order valence-corrected chi connectivity index (χ2v) is 3.88. The van der Waals surface area contributed by atoms with Crippen molar-refractivity contribution < 1.29 is 9.90 Å². The van der Waals surface area contributed by atoms with Gasteiger partial charge in [-0.3, -0.25) is 10.1 Å². The number of nitrogens with one attached hydrogen (secondary N) is 1. The van der Waals surface area contributed by atoms with Gasteiger partial charge < -0.3 is 5.11 Å². The third kappa shape index (κ3) is 2.84. The molecule has 1 fully saturated rings. The summed E-state index contributed by atoms with van der Waals surface area (Å²) in [6.07, 6.45) is 5.33. The summed E-state index contributed by atoms with van der Waals surface area (Å²) >= 11 is 0. The Kier molecular flexibility index (Phi) is 3.09. The number of hydrogen-bond donors (Lipinski definition) is 2. The van der Waals surface area contributed by atoms with Crippen molar-refractivity contribution in [1.29, 1.82) is 0 Å². The molecule has 0 aromatic carbocycles. The largest absolute Gasteiger partial charge is 0.480 e. The summed E-state index contributed by atoms with van der Waals surface area (Å²) in [5.41, 5.74) is -0.768. The fourth-order valence-corrected chi connectivity index (χ4v) is 1.31. The Hall–Kier alpha value is -0.830. The molecule has 1 aliphatic carbocycles. The van der Waals surface area contributed by atoms with E-state index < -0.39 is 11.5 Å². The van der Waals surface area contributed by atoms with E-state index in [1.54, 1.807) is 13.0 Å². The Morgan fingerprint density at radius 2 is 2.38 bits per heavy atom. The summed E-state index contributed by atoms with van der Waals surface area (Å²) < 4.78 is 0. The molecule has 1 aliphatic rings. The Balaban J connectivity index is 2.49. The fraction of sp³-hybridized carbons (Fsp3) is 0.700. The first-order chi connectivity index (χ1) is 6.08. The van der Waals surface area contributed by atoms with Crippen molar-refractivity contribution in [3.05, 3.63) is 12.7 Å². The van der Waals surface area contributed by atoms with Gasteiger partial charge in [0.25, 0.3) is 0 Å². The number of carbonyl (C=O) groups is 1. The second kappa shape index (κ2) is 3.92. The van der Waals surface area contributed by atoms with Gasteiger partial charge in [-0.1, -0.05) is 6.08 Å². The van der Waals surface area contributed by atoms with E-state index in [1.807, 2.05) is 0 Å². The van der Waals surface area contributed by atoms with Crippen LogP contribution >= 0.6 is 0 Å². The van der Waals surface area contributed by atoms with Crippen LogP contribution < -0.4 is 5.32 Å². The van der Waals surface area contributed by atoms with Gasteiger partial charge in [0.2, 0.25) is 0 Å². The highest BCUT2D eigenvalue weighted by Crippen LogP contribution is 2.24. The molecule has 1 rings (SSSR count). The highest BCUT2D eigenvalue weighted by molar-refractivity contribution is 5.78. The molecule has 1 saturated carbocycles. The third-order valence-electron chi connectivity index (χ3n) is 2.42. The minimum Gasteiger partial charge on any atom is -0.480 e. The summed E-state index contributed by atoms with van der Waals surface area (Å²) in [4.78, 5) is 11.0. The maximum Gasteiger partial charge on any atom is 0.323 e. The molecule has 3 heteroatoms. The Morgan fingerprint density at radius 3 is 2.77 bits per heavy atom. The zero-order chi connectivity index (χ0) is 9.90. The summed E-state index contributed by atoms with van der Waals surface area (Å²) in [5, 5.41) is 12.2. The predicted molar refractivity (Wildman–Crippen MR) is 51.6 cm³/mol. The van der Waals surface area contributed by atoms with E-state index in [9.17, 15) is 4.79 Å². The maximum absolute atomic E-state index is 11.0. The minimum atomic E-state index is -0.768. The maximum atomic E-state index is 11.0. The molecule has 0 radical (unpaired) electrons. The van der Waals surface area contributed by atoms with E-state index in [0.717, 1.165) is 19.3 Å². The van der Waals surface area contributed by atoms with Crippen LogP contribution in [0.4, 0.5) is 0 Å². The first-order valence-corrected chi connectivity index (χ1v) is 4.70. The van der Waals surface area contributed by atoms with Crippen LogP contribution in [0.3, 0.4) is 0 Å². The van der Waals surface area contributed by atoms with Crippen LogP contribution in [0.2, 0.25) is 0 Å². The molecular formula is C10H17NO2. The molecule has 74 valence electrons. The third-order valence-corrected chi connectivity index (χ3v) is 2.42. The van der Waals surface area contributed by atoms with Crippen LogP contribution in [-0.2, 0) is 4.79 Å². The second-order valence-electron chi connectivity index (χ2n) is 3.88. The highest BCUT2D eigenvalue weighted by atomic mass is 16.4. The van der Waals surface area contributed by atoms with Crippen LogP contribution in [0, 0.1) is 0 Å². The quantitative estimate of drug-likeness (QED) is 0.614. The number of allylic oxidation sites excluding steroid dienone is 1. The van der Waals surface area contributed by atoms with Gasteiger partial charge in [-0.05, 0) is 32.6 Å². The van der Waals surface area contributed by atoms with Crippen LogP contribution in [0.15, 0.2) is 12.7 Å². The van der Waals surface area contributed by atoms with Crippen molar-refractivity contribution >= 4 is 5.97 Å². The lowest BCUT2D eigenvalue weighted by Crippen LogP contribution is -2.50. The molecule has 0 saturated heterocycles. The first kappa shape index (κ1) is 10.3. The van der Waals surface area contributed by atoms with Gasteiger partial charge in [0.05, 0.1) is 0 Å². The highest BCUT2D eigenvalue weighted by Gasteiger charge is 2.37. The van der Waals surface area contributed by atoms with E-state index >= 15 is 0 Å². The number of hydrogen-bond acceptors (Lipinski definition) is 2. The van der Waals surface area contributed by atoms with Crippen LogP contribution in [0.25, 0.3) is 0 Å². The van der Waals surface area contributed by atoms with E-state index in [2.05, 4.69) is 11.9 Å². The predicted octanol–water partition coefficient (Wildman–Crippen LogP) is 1.55. The molecule has 0 aromatic rings. The average molecular weight is 183 g/mol. The topological polar surface area (TPSA) is 49.3 Å². The molecule has 0 aromatic heterocycles. The van der Waals surface area contributed by atoms with E-state index in [0.29, 0.717) is 12.5 Å². The zero-order valence-corrected chi connectivity index (χ0v) is 8.05. The zero-order valence-electron chi connectivity index (χ0n) is 8.05. The van der Waals surface area contributed by atoms with Gasteiger partial charge in [0, 0.05) is 6.04 Å². The monoisotopic (exact) mass is 183 g/mol. The molecule has 1 unspecified atom stereocenters. The van der Waals surface area contributed by atoms with Gasteiger partial charge in [-0.15, -0.1) is 6.58 Å². The number of rotatable bonds is 6. The molecule has 0 heterocycles. The van der Waals surface area contributed by atoms with Gasteiger partial charge in [-0.2, -0.15) is 0 Å². The molecule has 0 aliphatic heterocycles. The van der Waals surface area contributed by atoms with Gasteiger partial charge in [0.1, 0.15) is 5.54 Å². The summed E-state index contributed by atoms with van der Waals surface area (Å²) in [6, 6.07) is 0.422.